The number of hydrogen-bond acceptors (Lipinski definition) is 5. The van der Waals surface area contributed by atoms with Crippen molar-refractivity contribution in [2.24, 2.45) is 0 Å². The summed E-state index contributed by atoms with van der Waals surface area (Å²) in [6.45, 7) is 5.51. The molecular formula is C12H15BrN4O. The van der Waals surface area contributed by atoms with Gasteiger partial charge in [0.15, 0.2) is 0 Å². The number of benzene rings is 1. The topological polar surface area (TPSA) is 63.0 Å². The van der Waals surface area contributed by atoms with Crippen LogP contribution < -0.4 is 10.6 Å². The molecule has 18 heavy (non-hydrogen) atoms. The van der Waals surface area contributed by atoms with Crippen LogP contribution in [0.2, 0.25) is 0 Å². The van der Waals surface area contributed by atoms with Crippen molar-refractivity contribution in [1.82, 2.24) is 15.5 Å². The largest absolute Gasteiger partial charge is 0.406 e. The summed E-state index contributed by atoms with van der Waals surface area (Å²) in [5, 5.41) is 14.1. The first-order valence-corrected chi connectivity index (χ1v) is 6.55. The lowest BCUT2D eigenvalue weighted by atomic mass is 10.2. The summed E-state index contributed by atoms with van der Waals surface area (Å²) in [6, 6.07) is 6.35. The van der Waals surface area contributed by atoms with E-state index in [0.717, 1.165) is 22.3 Å². The second kappa shape index (κ2) is 5.97. The summed E-state index contributed by atoms with van der Waals surface area (Å²) in [4.78, 5) is 0. The fourth-order valence-electron chi connectivity index (χ4n) is 1.47. The quantitative estimate of drug-likeness (QED) is 0.889. The molecule has 0 aliphatic carbocycles. The van der Waals surface area contributed by atoms with E-state index in [2.05, 4.69) is 36.8 Å². The second-order valence-corrected chi connectivity index (χ2v) is 4.64. The average molecular weight is 311 g/mol. The Hall–Kier alpha value is -1.40. The van der Waals surface area contributed by atoms with E-state index >= 15 is 0 Å². The molecular weight excluding hydrogens is 296 g/mol. The fourth-order valence-corrected chi connectivity index (χ4v) is 1.83. The Bertz CT molecular complexity index is 527. The molecule has 0 amide bonds. The Morgan fingerprint density at radius 2 is 2.17 bits per heavy atom. The number of aromatic nitrogens is 2. The summed E-state index contributed by atoms with van der Waals surface area (Å²) in [7, 11) is 0. The summed E-state index contributed by atoms with van der Waals surface area (Å²) >= 11 is 3.52. The third-order valence-corrected chi connectivity index (χ3v) is 3.48. The Morgan fingerprint density at radius 3 is 2.94 bits per heavy atom. The number of anilines is 2. The molecule has 2 rings (SSSR count). The standard InChI is InChI=1S/C12H15BrN4O/c1-3-14-7-10-16-17-12(18-10)15-9-6-4-5-8(2)11(9)13/h4-6,14H,3,7H2,1-2H3,(H,15,17). The predicted octanol–water partition coefficient (Wildman–Crippen LogP) is 2.99. The molecule has 0 atom stereocenters. The first-order chi connectivity index (χ1) is 8.70. The van der Waals surface area contributed by atoms with E-state index in [1.807, 2.05) is 32.0 Å². The van der Waals surface area contributed by atoms with Gasteiger partial charge in [0, 0.05) is 4.47 Å². The van der Waals surface area contributed by atoms with E-state index in [9.17, 15) is 0 Å². The zero-order valence-corrected chi connectivity index (χ0v) is 11.9. The van der Waals surface area contributed by atoms with Gasteiger partial charge in [-0.05, 0) is 41.0 Å². The Kier molecular flexibility index (Phi) is 4.33. The number of halogens is 1. The van der Waals surface area contributed by atoms with Crippen LogP contribution in [-0.2, 0) is 6.54 Å². The van der Waals surface area contributed by atoms with Gasteiger partial charge in [-0.3, -0.25) is 0 Å². The van der Waals surface area contributed by atoms with Gasteiger partial charge >= 0.3 is 6.01 Å². The molecule has 0 unspecified atom stereocenters. The van der Waals surface area contributed by atoms with E-state index < -0.39 is 0 Å². The van der Waals surface area contributed by atoms with E-state index in [1.165, 1.54) is 0 Å². The summed E-state index contributed by atoms with van der Waals surface area (Å²) in [5.41, 5.74) is 2.06. The lowest BCUT2D eigenvalue weighted by Gasteiger charge is -2.06. The van der Waals surface area contributed by atoms with E-state index in [0.29, 0.717) is 18.5 Å². The minimum Gasteiger partial charge on any atom is -0.406 e. The predicted molar refractivity (Wildman–Crippen MR) is 73.8 cm³/mol. The van der Waals surface area contributed by atoms with Crippen molar-refractivity contribution >= 4 is 27.6 Å². The lowest BCUT2D eigenvalue weighted by molar-refractivity contribution is 0.484. The molecule has 1 aromatic heterocycles. The third-order valence-electron chi connectivity index (χ3n) is 2.43. The molecule has 6 heteroatoms. The number of nitrogens with zero attached hydrogens (tertiary/aromatic N) is 2. The molecule has 0 aliphatic rings. The molecule has 0 spiro atoms. The molecule has 1 aromatic carbocycles. The van der Waals surface area contributed by atoms with Gasteiger partial charge < -0.3 is 15.1 Å². The zero-order chi connectivity index (χ0) is 13.0. The molecule has 96 valence electrons. The van der Waals surface area contributed by atoms with Crippen molar-refractivity contribution in [2.75, 3.05) is 11.9 Å². The van der Waals surface area contributed by atoms with Crippen molar-refractivity contribution in [3.63, 3.8) is 0 Å². The summed E-state index contributed by atoms with van der Waals surface area (Å²) in [6.07, 6.45) is 0. The van der Waals surface area contributed by atoms with E-state index in [-0.39, 0.29) is 0 Å². The first-order valence-electron chi connectivity index (χ1n) is 5.76. The first kappa shape index (κ1) is 13.0. The minimum absolute atomic E-state index is 0.397. The van der Waals surface area contributed by atoms with Crippen molar-refractivity contribution in [1.29, 1.82) is 0 Å². The lowest BCUT2D eigenvalue weighted by Crippen LogP contribution is -2.11. The zero-order valence-electron chi connectivity index (χ0n) is 10.3. The smallest absolute Gasteiger partial charge is 0.320 e. The maximum atomic E-state index is 5.47. The minimum atomic E-state index is 0.397. The van der Waals surface area contributed by atoms with Crippen molar-refractivity contribution < 1.29 is 4.42 Å². The fraction of sp³-hybridized carbons (Fsp3) is 0.333. The van der Waals surface area contributed by atoms with Gasteiger partial charge in [0.2, 0.25) is 5.89 Å². The highest BCUT2D eigenvalue weighted by Crippen LogP contribution is 2.28. The van der Waals surface area contributed by atoms with Crippen LogP contribution in [0.25, 0.3) is 0 Å². The highest BCUT2D eigenvalue weighted by atomic mass is 79.9. The highest BCUT2D eigenvalue weighted by molar-refractivity contribution is 9.10. The Morgan fingerprint density at radius 1 is 1.33 bits per heavy atom. The average Bonchev–Trinajstić information content (AvgIpc) is 2.80. The number of hydrogen-bond donors (Lipinski definition) is 2. The summed E-state index contributed by atoms with van der Waals surface area (Å²) in [5.74, 6) is 0.572. The van der Waals surface area contributed by atoms with Crippen LogP contribution in [0.15, 0.2) is 27.1 Å². The van der Waals surface area contributed by atoms with Crippen LogP contribution in [0.5, 0.6) is 0 Å². The molecule has 0 radical (unpaired) electrons. The van der Waals surface area contributed by atoms with E-state index in [4.69, 9.17) is 4.42 Å². The third kappa shape index (κ3) is 3.08. The van der Waals surface area contributed by atoms with Crippen molar-refractivity contribution in [2.45, 2.75) is 20.4 Å². The van der Waals surface area contributed by atoms with Crippen LogP contribution in [0.1, 0.15) is 18.4 Å². The molecule has 0 aliphatic heterocycles. The van der Waals surface area contributed by atoms with Gasteiger partial charge in [0.05, 0.1) is 12.2 Å². The van der Waals surface area contributed by atoms with Crippen LogP contribution >= 0.6 is 15.9 Å². The molecule has 2 aromatic rings. The number of nitrogens with one attached hydrogen (secondary N) is 2. The van der Waals surface area contributed by atoms with Gasteiger partial charge in [-0.1, -0.05) is 24.2 Å². The van der Waals surface area contributed by atoms with Gasteiger partial charge in [-0.2, -0.15) is 0 Å². The van der Waals surface area contributed by atoms with Crippen LogP contribution in [-0.4, -0.2) is 16.7 Å². The molecule has 0 saturated heterocycles. The van der Waals surface area contributed by atoms with Crippen molar-refractivity contribution in [3.05, 3.63) is 34.1 Å². The Balaban J connectivity index is 2.09. The molecule has 0 fully saturated rings. The van der Waals surface area contributed by atoms with Crippen LogP contribution in [0, 0.1) is 6.92 Å². The number of rotatable bonds is 5. The summed E-state index contributed by atoms with van der Waals surface area (Å²) < 4.78 is 6.46. The SMILES string of the molecule is CCNCc1nnc(Nc2cccc(C)c2Br)o1. The molecule has 5 nitrogen and oxygen atoms in total. The highest BCUT2D eigenvalue weighted by Gasteiger charge is 2.08. The van der Waals surface area contributed by atoms with Gasteiger partial charge in [-0.25, -0.2) is 0 Å². The van der Waals surface area contributed by atoms with Gasteiger partial charge in [-0.15, -0.1) is 5.10 Å². The van der Waals surface area contributed by atoms with Gasteiger partial charge in [0.25, 0.3) is 0 Å². The van der Waals surface area contributed by atoms with Crippen LogP contribution in [0.3, 0.4) is 0 Å². The van der Waals surface area contributed by atoms with Gasteiger partial charge in [0.1, 0.15) is 0 Å². The molecule has 1 heterocycles. The second-order valence-electron chi connectivity index (χ2n) is 3.84. The maximum absolute atomic E-state index is 5.47. The van der Waals surface area contributed by atoms with E-state index in [1.54, 1.807) is 0 Å². The maximum Gasteiger partial charge on any atom is 0.320 e. The van der Waals surface area contributed by atoms with Crippen molar-refractivity contribution in [3.8, 4) is 0 Å². The normalized spacial score (nSPS) is 10.6. The molecule has 0 bridgehead atoms. The van der Waals surface area contributed by atoms with Crippen LogP contribution in [0.4, 0.5) is 11.7 Å². The Labute approximate surface area is 114 Å². The molecule has 0 saturated carbocycles. The molecule has 2 N–H and O–H groups in total. The number of aryl methyl sites for hydroxylation is 1. The monoisotopic (exact) mass is 310 g/mol.